The molecule has 34 heavy (non-hydrogen) atoms. The molecular formula is C21H22ClF2N5O4S. The lowest BCUT2D eigenvalue weighted by Crippen LogP contribution is -2.50. The molecule has 0 saturated carbocycles. The van der Waals surface area contributed by atoms with Crippen LogP contribution in [0.3, 0.4) is 0 Å². The highest BCUT2D eigenvalue weighted by Crippen LogP contribution is 2.32. The number of carbonyl (C=O) groups excluding carboxylic acids is 1. The van der Waals surface area contributed by atoms with E-state index in [0.717, 1.165) is 0 Å². The number of amides is 1. The van der Waals surface area contributed by atoms with Crippen LogP contribution >= 0.6 is 11.6 Å². The van der Waals surface area contributed by atoms with Crippen LogP contribution in [0.25, 0.3) is 11.2 Å². The number of carbonyl (C=O) groups is 1. The van der Waals surface area contributed by atoms with E-state index in [9.17, 15) is 17.8 Å². The first-order valence-corrected chi connectivity index (χ1v) is 12.3. The number of ether oxygens (including phenoxy) is 2. The molecule has 0 aromatic carbocycles. The zero-order valence-electron chi connectivity index (χ0n) is 18.4. The van der Waals surface area contributed by atoms with Gasteiger partial charge in [-0.2, -0.15) is 4.98 Å². The van der Waals surface area contributed by atoms with Crippen molar-refractivity contribution in [3.8, 4) is 17.5 Å². The molecule has 3 aromatic rings. The Balaban J connectivity index is 1.56. The highest BCUT2D eigenvalue weighted by Gasteiger charge is 2.32. The first kappa shape index (κ1) is 24.3. The van der Waals surface area contributed by atoms with Crippen LogP contribution in [-0.4, -0.2) is 59.7 Å². The first-order chi connectivity index (χ1) is 16.1. The minimum atomic E-state index is -2.68. The van der Waals surface area contributed by atoms with Gasteiger partial charge in [0.2, 0.25) is 11.7 Å². The van der Waals surface area contributed by atoms with Crippen LogP contribution in [0.15, 0.2) is 24.4 Å². The van der Waals surface area contributed by atoms with Crippen molar-refractivity contribution in [2.24, 2.45) is 7.05 Å². The van der Waals surface area contributed by atoms with Gasteiger partial charge in [-0.1, -0.05) is 11.6 Å². The first-order valence-electron chi connectivity index (χ1n) is 10.4. The molecule has 0 unspecified atom stereocenters. The van der Waals surface area contributed by atoms with Crippen molar-refractivity contribution < 1.29 is 27.3 Å². The Hall–Kier alpha value is -2.86. The van der Waals surface area contributed by atoms with Crippen molar-refractivity contribution in [3.05, 3.63) is 35.2 Å². The summed E-state index contributed by atoms with van der Waals surface area (Å²) < 4.78 is 49.0. The summed E-state index contributed by atoms with van der Waals surface area (Å²) in [6, 6.07) is 4.45. The summed E-state index contributed by atoms with van der Waals surface area (Å²) in [5, 5.41) is 3.20. The van der Waals surface area contributed by atoms with Gasteiger partial charge in [0, 0.05) is 53.2 Å². The lowest BCUT2D eigenvalue weighted by atomic mass is 9.95. The van der Waals surface area contributed by atoms with Gasteiger partial charge in [0.1, 0.15) is 12.1 Å². The number of imidazole rings is 1. The van der Waals surface area contributed by atoms with Crippen LogP contribution < -0.4 is 14.8 Å². The number of nitrogens with one attached hydrogen (secondary N) is 1. The molecule has 0 aliphatic carbocycles. The fourth-order valence-electron chi connectivity index (χ4n) is 3.51. The number of aromatic nitrogens is 4. The largest absolute Gasteiger partial charge is 0.482 e. The normalized spacial score (nSPS) is 20.5. The molecule has 13 heteroatoms. The molecule has 0 radical (unpaired) electrons. The SMILES string of the molecule is Cn1c(C(=O)NC2(C)CCS(=O)CC2)nc2ccc(Oc3ncc(Cl)cc3OCC(F)F)nc21. The van der Waals surface area contributed by atoms with Crippen LogP contribution in [-0.2, 0) is 17.8 Å². The fraction of sp³-hybridized carbons (Fsp3) is 0.429. The van der Waals surface area contributed by atoms with E-state index in [1.165, 1.54) is 22.9 Å². The summed E-state index contributed by atoms with van der Waals surface area (Å²) in [6.07, 6.45) is -0.151. The Morgan fingerprint density at radius 2 is 2.06 bits per heavy atom. The zero-order chi connectivity index (χ0) is 24.5. The van der Waals surface area contributed by atoms with Crippen LogP contribution in [0.4, 0.5) is 8.78 Å². The van der Waals surface area contributed by atoms with E-state index in [1.807, 2.05) is 6.92 Å². The maximum atomic E-state index is 12.9. The summed E-state index contributed by atoms with van der Waals surface area (Å²) in [7, 11) is 0.806. The number of hydrogen-bond donors (Lipinski definition) is 1. The molecule has 3 aromatic heterocycles. The molecule has 182 valence electrons. The summed E-state index contributed by atoms with van der Waals surface area (Å²) in [5.41, 5.74) is 0.384. The Labute approximate surface area is 201 Å². The topological polar surface area (TPSA) is 108 Å². The lowest BCUT2D eigenvalue weighted by molar-refractivity contribution is 0.0803. The minimum Gasteiger partial charge on any atom is -0.482 e. The van der Waals surface area contributed by atoms with E-state index < -0.39 is 29.4 Å². The molecule has 0 atom stereocenters. The molecule has 4 heterocycles. The van der Waals surface area contributed by atoms with E-state index in [1.54, 1.807) is 13.1 Å². The summed E-state index contributed by atoms with van der Waals surface area (Å²) in [6.45, 7) is 1.08. The molecule has 0 spiro atoms. The molecule has 1 amide bonds. The Kier molecular flexibility index (Phi) is 6.99. The number of rotatable bonds is 7. The monoisotopic (exact) mass is 513 g/mol. The molecule has 4 rings (SSSR count). The van der Waals surface area contributed by atoms with Gasteiger partial charge in [0.25, 0.3) is 18.2 Å². The van der Waals surface area contributed by atoms with Crippen molar-refractivity contribution in [3.63, 3.8) is 0 Å². The van der Waals surface area contributed by atoms with Gasteiger partial charge in [-0.25, -0.2) is 18.7 Å². The van der Waals surface area contributed by atoms with Gasteiger partial charge in [-0.3, -0.25) is 9.00 Å². The lowest BCUT2D eigenvalue weighted by Gasteiger charge is -2.33. The summed E-state index contributed by atoms with van der Waals surface area (Å²) in [5.74, 6) is 0.854. The summed E-state index contributed by atoms with van der Waals surface area (Å²) in [4.78, 5) is 25.7. The van der Waals surface area contributed by atoms with Crippen LogP contribution in [0.1, 0.15) is 30.4 Å². The molecule has 1 saturated heterocycles. The van der Waals surface area contributed by atoms with E-state index in [-0.39, 0.29) is 34.3 Å². The maximum absolute atomic E-state index is 12.9. The number of fused-ring (bicyclic) bond motifs is 1. The van der Waals surface area contributed by atoms with Crippen molar-refractivity contribution in [2.45, 2.75) is 31.7 Å². The second kappa shape index (κ2) is 9.79. The third-order valence-electron chi connectivity index (χ3n) is 5.42. The van der Waals surface area contributed by atoms with Gasteiger partial charge in [0.15, 0.2) is 11.4 Å². The quantitative estimate of drug-likeness (QED) is 0.515. The molecule has 0 bridgehead atoms. The van der Waals surface area contributed by atoms with E-state index in [0.29, 0.717) is 35.5 Å². The highest BCUT2D eigenvalue weighted by atomic mass is 35.5. The summed E-state index contributed by atoms with van der Waals surface area (Å²) >= 11 is 5.89. The second-order valence-electron chi connectivity index (χ2n) is 8.11. The molecule has 1 fully saturated rings. The van der Waals surface area contributed by atoms with Crippen molar-refractivity contribution in [2.75, 3.05) is 18.1 Å². The molecule has 1 aliphatic rings. The van der Waals surface area contributed by atoms with Crippen LogP contribution in [0, 0.1) is 0 Å². The number of alkyl halides is 2. The van der Waals surface area contributed by atoms with Gasteiger partial charge >= 0.3 is 0 Å². The fourth-order valence-corrected chi connectivity index (χ4v) is 5.22. The standard InChI is InChI=1S/C21H22ClF2N5O4S/c1-21(5-7-34(31)8-6-21)28-19(30)18-26-13-3-4-16(27-17(13)29(18)2)33-20-14(32-11-15(23)24)9-12(22)10-25-20/h3-4,9-10,15H,5-8,11H2,1-2H3,(H,28,30). The maximum Gasteiger partial charge on any atom is 0.287 e. The van der Waals surface area contributed by atoms with Crippen molar-refractivity contribution >= 4 is 39.5 Å². The minimum absolute atomic E-state index is 0.0542. The number of hydrogen-bond acceptors (Lipinski definition) is 7. The molecule has 1 N–H and O–H groups in total. The van der Waals surface area contributed by atoms with Crippen LogP contribution in [0.2, 0.25) is 5.02 Å². The van der Waals surface area contributed by atoms with Gasteiger partial charge in [0.05, 0.1) is 5.02 Å². The average Bonchev–Trinajstić information content (AvgIpc) is 3.12. The second-order valence-corrected chi connectivity index (χ2v) is 10.2. The Bertz CT molecular complexity index is 1250. The van der Waals surface area contributed by atoms with E-state index >= 15 is 0 Å². The predicted molar refractivity (Wildman–Crippen MR) is 122 cm³/mol. The average molecular weight is 514 g/mol. The predicted octanol–water partition coefficient (Wildman–Crippen LogP) is 3.48. The van der Waals surface area contributed by atoms with Gasteiger partial charge < -0.3 is 19.4 Å². The number of nitrogens with zero attached hydrogens (tertiary/aromatic N) is 4. The number of pyridine rings is 2. The zero-order valence-corrected chi connectivity index (χ0v) is 20.0. The highest BCUT2D eigenvalue weighted by molar-refractivity contribution is 7.85. The van der Waals surface area contributed by atoms with E-state index in [2.05, 4.69) is 20.3 Å². The number of aryl methyl sites for hydroxylation is 1. The van der Waals surface area contributed by atoms with Crippen LogP contribution in [0.5, 0.6) is 17.5 Å². The third-order valence-corrected chi connectivity index (χ3v) is 6.95. The van der Waals surface area contributed by atoms with E-state index in [4.69, 9.17) is 21.1 Å². The van der Waals surface area contributed by atoms with Crippen molar-refractivity contribution in [1.29, 1.82) is 0 Å². The van der Waals surface area contributed by atoms with Gasteiger partial charge in [-0.15, -0.1) is 0 Å². The molecule has 1 aliphatic heterocycles. The number of halogens is 3. The molecular weight excluding hydrogens is 492 g/mol. The van der Waals surface area contributed by atoms with Crippen molar-refractivity contribution in [1.82, 2.24) is 24.8 Å². The smallest absolute Gasteiger partial charge is 0.287 e. The van der Waals surface area contributed by atoms with Gasteiger partial charge in [-0.05, 0) is 25.8 Å². The Morgan fingerprint density at radius 3 is 2.76 bits per heavy atom. The molecule has 9 nitrogen and oxygen atoms in total. The Morgan fingerprint density at radius 1 is 1.32 bits per heavy atom. The third kappa shape index (κ3) is 5.44.